The van der Waals surface area contributed by atoms with Crippen LogP contribution in [-0.4, -0.2) is 9.78 Å². The summed E-state index contributed by atoms with van der Waals surface area (Å²) in [6.45, 7) is 2.11. The molecule has 0 amide bonds. The zero-order valence-corrected chi connectivity index (χ0v) is 14.5. The lowest BCUT2D eigenvalue weighted by Gasteiger charge is -2.06. The van der Waals surface area contributed by atoms with Crippen molar-refractivity contribution in [3.05, 3.63) is 81.3 Å². The predicted molar refractivity (Wildman–Crippen MR) is 99.4 cm³/mol. The van der Waals surface area contributed by atoms with Crippen molar-refractivity contribution < 1.29 is 0 Å². The average Bonchev–Trinajstić information content (AvgIpc) is 2.90. The van der Waals surface area contributed by atoms with Crippen LogP contribution in [0, 0.1) is 11.3 Å². The van der Waals surface area contributed by atoms with Crippen molar-refractivity contribution >= 4 is 0 Å². The Balaban J connectivity index is 1.90. The number of rotatable bonds is 5. The second kappa shape index (κ2) is 7.23. The molecule has 1 aromatic heterocycles. The Bertz CT molecular complexity index is 972. The van der Waals surface area contributed by atoms with Crippen LogP contribution in [0.5, 0.6) is 0 Å². The fourth-order valence-electron chi connectivity index (χ4n) is 3.13. The summed E-state index contributed by atoms with van der Waals surface area (Å²) >= 11 is 0. The van der Waals surface area contributed by atoms with Crippen LogP contribution in [0.1, 0.15) is 35.7 Å². The van der Waals surface area contributed by atoms with Crippen LogP contribution in [0.3, 0.4) is 0 Å². The molecule has 0 aliphatic carbocycles. The Kier molecular flexibility index (Phi) is 4.85. The van der Waals surface area contributed by atoms with Gasteiger partial charge in [0, 0.05) is 24.7 Å². The standard InChI is InChI=1S/C21H21N3O/c1-3-6-20-19(21(25)24(2)23-20)13-15-9-11-16(12-10-15)18-8-5-4-7-17(18)14-22/h4-5,7-12,23H,3,6,13H2,1-2H3. The molecule has 0 unspecified atom stereocenters. The van der Waals surface area contributed by atoms with Gasteiger partial charge in [0.1, 0.15) is 0 Å². The van der Waals surface area contributed by atoms with Gasteiger partial charge in [0.05, 0.1) is 11.6 Å². The van der Waals surface area contributed by atoms with E-state index < -0.39 is 0 Å². The van der Waals surface area contributed by atoms with Crippen LogP contribution in [0.25, 0.3) is 11.1 Å². The first-order valence-corrected chi connectivity index (χ1v) is 8.49. The molecule has 0 spiro atoms. The fourth-order valence-corrected chi connectivity index (χ4v) is 3.13. The molecule has 4 nitrogen and oxygen atoms in total. The number of H-pyrrole nitrogens is 1. The minimum atomic E-state index is 0.0438. The molecule has 0 saturated carbocycles. The molecule has 1 heterocycles. The number of nitrogens with one attached hydrogen (secondary N) is 1. The quantitative estimate of drug-likeness (QED) is 0.773. The summed E-state index contributed by atoms with van der Waals surface area (Å²) in [5.41, 5.74) is 5.61. The summed E-state index contributed by atoms with van der Waals surface area (Å²) in [6.07, 6.45) is 2.49. The van der Waals surface area contributed by atoms with Gasteiger partial charge in [0.2, 0.25) is 0 Å². The third-order valence-electron chi connectivity index (χ3n) is 4.42. The number of benzene rings is 2. The molecule has 25 heavy (non-hydrogen) atoms. The molecule has 2 aromatic carbocycles. The third kappa shape index (κ3) is 3.41. The van der Waals surface area contributed by atoms with Crippen molar-refractivity contribution in [3.63, 3.8) is 0 Å². The minimum Gasteiger partial charge on any atom is -0.300 e. The Morgan fingerprint density at radius 3 is 2.52 bits per heavy atom. The molecule has 4 heteroatoms. The average molecular weight is 331 g/mol. The number of hydrogen-bond donors (Lipinski definition) is 1. The highest BCUT2D eigenvalue weighted by Gasteiger charge is 2.12. The van der Waals surface area contributed by atoms with Crippen molar-refractivity contribution in [2.24, 2.45) is 7.05 Å². The van der Waals surface area contributed by atoms with E-state index in [4.69, 9.17) is 0 Å². The molecule has 0 saturated heterocycles. The number of aryl methyl sites for hydroxylation is 2. The first-order valence-electron chi connectivity index (χ1n) is 8.49. The summed E-state index contributed by atoms with van der Waals surface area (Å²) in [4.78, 5) is 12.3. The molecular weight excluding hydrogens is 310 g/mol. The van der Waals surface area contributed by atoms with Gasteiger partial charge in [-0.2, -0.15) is 5.26 Å². The first kappa shape index (κ1) is 16.8. The van der Waals surface area contributed by atoms with Crippen molar-refractivity contribution in [1.82, 2.24) is 9.78 Å². The van der Waals surface area contributed by atoms with E-state index in [9.17, 15) is 10.1 Å². The summed E-state index contributed by atoms with van der Waals surface area (Å²) in [5, 5.41) is 12.4. The fraction of sp³-hybridized carbons (Fsp3) is 0.238. The van der Waals surface area contributed by atoms with E-state index in [2.05, 4.69) is 18.1 Å². The number of hydrogen-bond acceptors (Lipinski definition) is 2. The van der Waals surface area contributed by atoms with E-state index in [1.807, 2.05) is 48.5 Å². The highest BCUT2D eigenvalue weighted by molar-refractivity contribution is 5.70. The maximum absolute atomic E-state index is 12.3. The molecule has 0 aliphatic heterocycles. The van der Waals surface area contributed by atoms with Crippen molar-refractivity contribution in [2.45, 2.75) is 26.2 Å². The van der Waals surface area contributed by atoms with E-state index >= 15 is 0 Å². The van der Waals surface area contributed by atoms with E-state index in [0.717, 1.165) is 40.8 Å². The summed E-state index contributed by atoms with van der Waals surface area (Å²) in [6, 6.07) is 17.9. The molecule has 0 aliphatic rings. The number of nitrogens with zero attached hydrogens (tertiary/aromatic N) is 2. The van der Waals surface area contributed by atoms with Gasteiger partial charge in [-0.15, -0.1) is 0 Å². The van der Waals surface area contributed by atoms with Crippen LogP contribution in [0.2, 0.25) is 0 Å². The molecule has 0 atom stereocenters. The van der Waals surface area contributed by atoms with Crippen molar-refractivity contribution in [1.29, 1.82) is 5.26 Å². The Labute approximate surface area is 147 Å². The Morgan fingerprint density at radius 2 is 1.84 bits per heavy atom. The van der Waals surface area contributed by atoms with E-state index in [1.165, 1.54) is 0 Å². The summed E-state index contributed by atoms with van der Waals surface area (Å²) in [5.74, 6) is 0. The molecule has 0 radical (unpaired) electrons. The molecule has 3 aromatic rings. The minimum absolute atomic E-state index is 0.0438. The lowest BCUT2D eigenvalue weighted by molar-refractivity contribution is 0.713. The van der Waals surface area contributed by atoms with Crippen LogP contribution < -0.4 is 5.56 Å². The lowest BCUT2D eigenvalue weighted by atomic mass is 9.97. The van der Waals surface area contributed by atoms with Crippen LogP contribution in [0.4, 0.5) is 0 Å². The van der Waals surface area contributed by atoms with Crippen molar-refractivity contribution in [2.75, 3.05) is 0 Å². The molecule has 126 valence electrons. The molecule has 3 rings (SSSR count). The summed E-state index contributed by atoms with van der Waals surface area (Å²) in [7, 11) is 1.76. The normalized spacial score (nSPS) is 10.6. The molecule has 0 fully saturated rings. The maximum Gasteiger partial charge on any atom is 0.270 e. The van der Waals surface area contributed by atoms with Crippen LogP contribution in [0.15, 0.2) is 53.3 Å². The smallest absolute Gasteiger partial charge is 0.270 e. The van der Waals surface area contributed by atoms with E-state index in [0.29, 0.717) is 12.0 Å². The highest BCUT2D eigenvalue weighted by atomic mass is 16.1. The van der Waals surface area contributed by atoms with Gasteiger partial charge >= 0.3 is 0 Å². The highest BCUT2D eigenvalue weighted by Crippen LogP contribution is 2.24. The monoisotopic (exact) mass is 331 g/mol. The molecule has 0 bridgehead atoms. The topological polar surface area (TPSA) is 61.6 Å². The van der Waals surface area contributed by atoms with Crippen LogP contribution >= 0.6 is 0 Å². The SMILES string of the molecule is CCCc1[nH]n(C)c(=O)c1Cc1ccc(-c2ccccc2C#N)cc1. The van der Waals surface area contributed by atoms with Gasteiger partial charge in [0.15, 0.2) is 0 Å². The van der Waals surface area contributed by atoms with Crippen molar-refractivity contribution in [3.8, 4) is 17.2 Å². The molecular formula is C21H21N3O. The van der Waals surface area contributed by atoms with Gasteiger partial charge in [-0.05, 0) is 29.2 Å². The van der Waals surface area contributed by atoms with Gasteiger partial charge < -0.3 is 0 Å². The van der Waals surface area contributed by atoms with Gasteiger partial charge in [-0.3, -0.25) is 14.6 Å². The second-order valence-corrected chi connectivity index (χ2v) is 6.21. The van der Waals surface area contributed by atoms with E-state index in [-0.39, 0.29) is 5.56 Å². The van der Waals surface area contributed by atoms with Gasteiger partial charge in [-0.25, -0.2) is 0 Å². The number of aromatic nitrogens is 2. The zero-order valence-electron chi connectivity index (χ0n) is 14.5. The predicted octanol–water partition coefficient (Wildman–Crippen LogP) is 3.80. The molecule has 1 N–H and O–H groups in total. The maximum atomic E-state index is 12.3. The largest absolute Gasteiger partial charge is 0.300 e. The van der Waals surface area contributed by atoms with Gasteiger partial charge in [-0.1, -0.05) is 55.8 Å². The lowest BCUT2D eigenvalue weighted by Crippen LogP contribution is -2.15. The van der Waals surface area contributed by atoms with Crippen LogP contribution in [-0.2, 0) is 19.9 Å². The zero-order chi connectivity index (χ0) is 17.8. The number of aromatic amines is 1. The Hall–Kier alpha value is -3.06. The summed E-state index contributed by atoms with van der Waals surface area (Å²) < 4.78 is 1.55. The number of nitriles is 1. The second-order valence-electron chi connectivity index (χ2n) is 6.21. The van der Waals surface area contributed by atoms with Gasteiger partial charge in [0.25, 0.3) is 5.56 Å². The Morgan fingerprint density at radius 1 is 1.12 bits per heavy atom. The van der Waals surface area contributed by atoms with E-state index in [1.54, 1.807) is 11.7 Å². The third-order valence-corrected chi connectivity index (χ3v) is 4.42. The first-order chi connectivity index (χ1) is 12.1.